The van der Waals surface area contributed by atoms with Crippen LogP contribution in [0.25, 0.3) is 0 Å². The highest BCUT2D eigenvalue weighted by Gasteiger charge is 1.86. The van der Waals surface area contributed by atoms with E-state index in [2.05, 4.69) is 4.98 Å². The van der Waals surface area contributed by atoms with Crippen molar-refractivity contribution in [2.45, 2.75) is 0 Å². The molecule has 0 saturated heterocycles. The fourth-order valence-electron chi connectivity index (χ4n) is 0.511. The van der Waals surface area contributed by atoms with E-state index in [1.807, 2.05) is 0 Å². The van der Waals surface area contributed by atoms with Crippen LogP contribution in [0.5, 0.6) is 0 Å². The van der Waals surface area contributed by atoms with Crippen molar-refractivity contribution in [1.29, 1.82) is 0 Å². The second kappa shape index (κ2) is 1.94. The molecule has 8 heavy (non-hydrogen) atoms. The van der Waals surface area contributed by atoms with Crippen molar-refractivity contribution in [3.8, 4) is 0 Å². The van der Waals surface area contributed by atoms with Crippen LogP contribution in [-0.4, -0.2) is 12.8 Å². The maximum Gasteiger partial charge on any atom is 0.164 e. The third kappa shape index (κ3) is 1.06. The predicted octanol–water partition coefficient (Wildman–Crippen LogP) is -0.521. The van der Waals surface area contributed by atoms with Crippen molar-refractivity contribution in [3.05, 3.63) is 24.1 Å². The number of halogens is 1. The van der Waals surface area contributed by atoms with Gasteiger partial charge in [-0.05, 0) is 17.7 Å². The molecule has 0 amide bonds. The van der Waals surface area contributed by atoms with Crippen LogP contribution in [0.3, 0.4) is 0 Å². The van der Waals surface area contributed by atoms with Crippen molar-refractivity contribution < 1.29 is 4.39 Å². The fourth-order valence-corrected chi connectivity index (χ4v) is 0.511. The summed E-state index contributed by atoms with van der Waals surface area (Å²) in [5.74, 6) is -0.225. The lowest BCUT2D eigenvalue weighted by Crippen LogP contribution is -2.06. The summed E-state index contributed by atoms with van der Waals surface area (Å²) < 4.78 is 12.1. The first-order chi connectivity index (χ1) is 3.79. The molecule has 0 N–H and O–H groups in total. The van der Waals surface area contributed by atoms with Gasteiger partial charge in [-0.1, -0.05) is 0 Å². The van der Waals surface area contributed by atoms with Crippen LogP contribution in [-0.2, 0) is 0 Å². The van der Waals surface area contributed by atoms with E-state index in [1.165, 1.54) is 18.3 Å². The highest BCUT2D eigenvalue weighted by atomic mass is 19.1. The molecule has 0 aromatic carbocycles. The lowest BCUT2D eigenvalue weighted by molar-refractivity contribution is 0.627. The van der Waals surface area contributed by atoms with Gasteiger partial charge >= 0.3 is 0 Å². The second-order valence-electron chi connectivity index (χ2n) is 1.62. The van der Waals surface area contributed by atoms with Gasteiger partial charge in [-0.15, -0.1) is 0 Å². The Hall–Kier alpha value is -0.855. The molecule has 0 aliphatic carbocycles. The Morgan fingerprint density at radius 1 is 1.62 bits per heavy atom. The SMILES string of the molecule is Bc1cc(F)ccn1. The van der Waals surface area contributed by atoms with Crippen LogP contribution in [0, 0.1) is 5.82 Å². The van der Waals surface area contributed by atoms with Gasteiger partial charge in [0.2, 0.25) is 0 Å². The Labute approximate surface area is 48.0 Å². The molecule has 0 unspecified atom stereocenters. The number of pyridine rings is 1. The largest absolute Gasteiger partial charge is 0.272 e. The molecule has 0 fully saturated rings. The highest BCUT2D eigenvalue weighted by molar-refractivity contribution is 6.30. The lowest BCUT2D eigenvalue weighted by Gasteiger charge is -1.87. The molecular weight excluding hydrogens is 104 g/mol. The topological polar surface area (TPSA) is 12.9 Å². The van der Waals surface area contributed by atoms with Crippen molar-refractivity contribution in [1.82, 2.24) is 4.98 Å². The minimum Gasteiger partial charge on any atom is -0.272 e. The smallest absolute Gasteiger partial charge is 0.164 e. The molecule has 1 rings (SSSR count). The number of hydrogen-bond donors (Lipinski definition) is 0. The molecule has 0 atom stereocenters. The Bertz CT molecular complexity index is 172. The molecule has 0 aliphatic rings. The quantitative estimate of drug-likeness (QED) is 0.408. The van der Waals surface area contributed by atoms with Gasteiger partial charge in [0.05, 0.1) is 0 Å². The molecule has 0 bridgehead atoms. The van der Waals surface area contributed by atoms with Crippen LogP contribution in [0.1, 0.15) is 0 Å². The number of nitrogens with zero attached hydrogens (tertiary/aromatic N) is 1. The van der Waals surface area contributed by atoms with Crippen molar-refractivity contribution in [3.63, 3.8) is 0 Å². The van der Waals surface area contributed by atoms with E-state index >= 15 is 0 Å². The molecule has 40 valence electrons. The van der Waals surface area contributed by atoms with Crippen LogP contribution >= 0.6 is 0 Å². The van der Waals surface area contributed by atoms with Gasteiger partial charge in [-0.3, -0.25) is 4.98 Å². The maximum atomic E-state index is 12.1. The summed E-state index contributed by atoms with van der Waals surface area (Å²) in [4.78, 5) is 3.80. The van der Waals surface area contributed by atoms with E-state index in [9.17, 15) is 4.39 Å². The van der Waals surface area contributed by atoms with Crippen molar-refractivity contribution in [2.24, 2.45) is 0 Å². The first-order valence-electron chi connectivity index (χ1n) is 2.37. The normalized spacial score (nSPS) is 9.12. The van der Waals surface area contributed by atoms with Gasteiger partial charge in [0, 0.05) is 6.20 Å². The van der Waals surface area contributed by atoms with Gasteiger partial charge in [0.25, 0.3) is 0 Å². The average Bonchev–Trinajstić information content (AvgIpc) is 1.64. The zero-order valence-corrected chi connectivity index (χ0v) is 4.56. The number of aromatic nitrogens is 1. The zero-order valence-electron chi connectivity index (χ0n) is 4.56. The Morgan fingerprint density at radius 2 is 2.38 bits per heavy atom. The lowest BCUT2D eigenvalue weighted by atomic mass is 10.0. The summed E-state index contributed by atoms with van der Waals surface area (Å²) in [5, 5.41) is 0. The van der Waals surface area contributed by atoms with E-state index in [0.29, 0.717) is 5.59 Å². The van der Waals surface area contributed by atoms with E-state index in [-0.39, 0.29) is 5.82 Å². The molecule has 1 aromatic heterocycles. The van der Waals surface area contributed by atoms with Crippen LogP contribution in [0.4, 0.5) is 4.39 Å². The highest BCUT2D eigenvalue weighted by Crippen LogP contribution is 1.86. The summed E-state index contributed by atoms with van der Waals surface area (Å²) in [6, 6.07) is 2.72. The molecule has 0 saturated carbocycles. The molecule has 3 heteroatoms. The van der Waals surface area contributed by atoms with Crippen molar-refractivity contribution >= 4 is 13.4 Å². The Kier molecular flexibility index (Phi) is 1.28. The third-order valence-corrected chi connectivity index (χ3v) is 0.859. The van der Waals surface area contributed by atoms with Gasteiger partial charge in [0.1, 0.15) is 5.82 Å². The fraction of sp³-hybridized carbons (Fsp3) is 0. The molecular formula is C5H5BFN. The van der Waals surface area contributed by atoms with Crippen LogP contribution in [0.15, 0.2) is 18.3 Å². The molecule has 0 aliphatic heterocycles. The Morgan fingerprint density at radius 3 is 2.75 bits per heavy atom. The molecule has 0 radical (unpaired) electrons. The minimum absolute atomic E-state index is 0.225. The van der Waals surface area contributed by atoms with E-state index in [4.69, 9.17) is 0 Å². The number of hydrogen-bond acceptors (Lipinski definition) is 1. The van der Waals surface area contributed by atoms with E-state index in [0.717, 1.165) is 0 Å². The maximum absolute atomic E-state index is 12.1. The zero-order chi connectivity index (χ0) is 5.98. The predicted molar refractivity (Wildman–Crippen MR) is 32.4 cm³/mol. The summed E-state index contributed by atoms with van der Waals surface area (Å²) in [6.45, 7) is 0. The van der Waals surface area contributed by atoms with Gasteiger partial charge in [-0.25, -0.2) is 4.39 Å². The summed E-state index contributed by atoms with van der Waals surface area (Å²) in [7, 11) is 1.75. The minimum atomic E-state index is -0.225. The molecule has 0 spiro atoms. The average molecular weight is 109 g/mol. The van der Waals surface area contributed by atoms with Crippen molar-refractivity contribution in [2.75, 3.05) is 0 Å². The van der Waals surface area contributed by atoms with E-state index in [1.54, 1.807) is 7.85 Å². The summed E-state index contributed by atoms with van der Waals surface area (Å²) >= 11 is 0. The van der Waals surface area contributed by atoms with Crippen LogP contribution < -0.4 is 5.59 Å². The first kappa shape index (κ1) is 5.28. The summed E-state index contributed by atoms with van der Waals surface area (Å²) in [6.07, 6.45) is 1.45. The first-order valence-corrected chi connectivity index (χ1v) is 2.37. The monoisotopic (exact) mass is 109 g/mol. The van der Waals surface area contributed by atoms with E-state index < -0.39 is 0 Å². The molecule has 1 nitrogen and oxygen atoms in total. The Balaban J connectivity index is 3.08. The molecule has 1 heterocycles. The second-order valence-corrected chi connectivity index (χ2v) is 1.62. The van der Waals surface area contributed by atoms with Crippen LogP contribution in [0.2, 0.25) is 0 Å². The van der Waals surface area contributed by atoms with Gasteiger partial charge < -0.3 is 0 Å². The summed E-state index contributed by atoms with van der Waals surface area (Å²) in [5.41, 5.74) is 0.713. The third-order valence-electron chi connectivity index (χ3n) is 0.859. The van der Waals surface area contributed by atoms with Gasteiger partial charge in [0.15, 0.2) is 7.85 Å². The number of rotatable bonds is 0. The molecule has 1 aromatic rings. The van der Waals surface area contributed by atoms with Gasteiger partial charge in [-0.2, -0.15) is 0 Å². The standard InChI is InChI=1S/C5H5BFN/c6-5-3-4(7)1-2-8-5/h1-3H,6H2.